The van der Waals surface area contributed by atoms with Gasteiger partial charge < -0.3 is 5.73 Å². The van der Waals surface area contributed by atoms with Gasteiger partial charge in [0.15, 0.2) is 0 Å². The SMILES string of the molecule is Cc1[nH]ncc1S(=O)(=O)NCC1CC(N)C1. The van der Waals surface area contributed by atoms with Gasteiger partial charge in [0.25, 0.3) is 0 Å². The van der Waals surface area contributed by atoms with Gasteiger partial charge in [-0.1, -0.05) is 0 Å². The second-order valence-corrected chi connectivity index (χ2v) is 6.04. The van der Waals surface area contributed by atoms with Gasteiger partial charge in [-0.2, -0.15) is 5.10 Å². The number of nitrogens with zero attached hydrogens (tertiary/aromatic N) is 1. The summed E-state index contributed by atoms with van der Waals surface area (Å²) in [5, 5.41) is 6.31. The summed E-state index contributed by atoms with van der Waals surface area (Å²) in [6.07, 6.45) is 3.12. The number of hydrogen-bond donors (Lipinski definition) is 3. The zero-order valence-electron chi connectivity index (χ0n) is 9.10. The molecule has 0 saturated heterocycles. The van der Waals surface area contributed by atoms with Crippen LogP contribution in [0, 0.1) is 12.8 Å². The van der Waals surface area contributed by atoms with E-state index >= 15 is 0 Å². The van der Waals surface area contributed by atoms with Gasteiger partial charge in [-0.3, -0.25) is 5.10 Å². The van der Waals surface area contributed by atoms with Crippen molar-refractivity contribution in [1.82, 2.24) is 14.9 Å². The molecule has 0 atom stereocenters. The maximum atomic E-state index is 11.8. The Bertz CT molecular complexity index is 462. The molecule has 0 bridgehead atoms. The van der Waals surface area contributed by atoms with Crippen LogP contribution in [-0.2, 0) is 10.0 Å². The molecule has 16 heavy (non-hydrogen) atoms. The van der Waals surface area contributed by atoms with Crippen LogP contribution in [0.1, 0.15) is 18.5 Å². The second kappa shape index (κ2) is 4.15. The summed E-state index contributed by atoms with van der Waals surface area (Å²) in [5.74, 6) is 0.372. The van der Waals surface area contributed by atoms with E-state index in [1.54, 1.807) is 6.92 Å². The van der Waals surface area contributed by atoms with E-state index in [0.29, 0.717) is 18.2 Å². The van der Waals surface area contributed by atoms with Crippen molar-refractivity contribution in [3.05, 3.63) is 11.9 Å². The van der Waals surface area contributed by atoms with Gasteiger partial charge in [0.1, 0.15) is 4.90 Å². The van der Waals surface area contributed by atoms with Crippen LogP contribution >= 0.6 is 0 Å². The highest BCUT2D eigenvalue weighted by Crippen LogP contribution is 2.25. The maximum absolute atomic E-state index is 11.8. The van der Waals surface area contributed by atoms with Crippen molar-refractivity contribution in [3.8, 4) is 0 Å². The topological polar surface area (TPSA) is 101 Å². The number of H-pyrrole nitrogens is 1. The van der Waals surface area contributed by atoms with Crippen LogP contribution in [0.5, 0.6) is 0 Å². The first-order chi connectivity index (χ1) is 7.49. The minimum Gasteiger partial charge on any atom is -0.328 e. The molecule has 0 radical (unpaired) electrons. The second-order valence-electron chi connectivity index (χ2n) is 4.31. The van der Waals surface area contributed by atoms with Crippen molar-refractivity contribution in [1.29, 1.82) is 0 Å². The lowest BCUT2D eigenvalue weighted by atomic mass is 9.81. The zero-order chi connectivity index (χ0) is 11.8. The zero-order valence-corrected chi connectivity index (χ0v) is 9.92. The van der Waals surface area contributed by atoms with Gasteiger partial charge in [0, 0.05) is 12.6 Å². The Kier molecular flexibility index (Phi) is 3.00. The van der Waals surface area contributed by atoms with E-state index in [0.717, 1.165) is 12.8 Å². The van der Waals surface area contributed by atoms with Crippen molar-refractivity contribution in [3.63, 3.8) is 0 Å². The van der Waals surface area contributed by atoms with E-state index in [9.17, 15) is 8.42 Å². The summed E-state index contributed by atoms with van der Waals surface area (Å²) >= 11 is 0. The number of hydrogen-bond acceptors (Lipinski definition) is 4. The van der Waals surface area contributed by atoms with E-state index in [2.05, 4.69) is 14.9 Å². The average Bonchev–Trinajstić information content (AvgIpc) is 2.58. The first-order valence-corrected chi connectivity index (χ1v) is 6.72. The molecule has 6 nitrogen and oxygen atoms in total. The van der Waals surface area contributed by atoms with Gasteiger partial charge in [0.2, 0.25) is 10.0 Å². The molecule has 90 valence electrons. The van der Waals surface area contributed by atoms with Gasteiger partial charge in [0.05, 0.1) is 11.9 Å². The van der Waals surface area contributed by atoms with Crippen LogP contribution < -0.4 is 10.5 Å². The molecule has 0 aliphatic heterocycles. The maximum Gasteiger partial charge on any atom is 0.243 e. The molecule has 1 aliphatic rings. The Hall–Kier alpha value is -0.920. The fourth-order valence-electron chi connectivity index (χ4n) is 1.87. The molecule has 0 amide bonds. The molecule has 1 aromatic heterocycles. The van der Waals surface area contributed by atoms with Crippen LogP contribution in [0.25, 0.3) is 0 Å². The Morgan fingerprint density at radius 1 is 1.62 bits per heavy atom. The molecule has 0 aromatic carbocycles. The molecule has 1 heterocycles. The highest BCUT2D eigenvalue weighted by atomic mass is 32.2. The molecule has 0 unspecified atom stereocenters. The Morgan fingerprint density at radius 2 is 2.31 bits per heavy atom. The normalized spacial score (nSPS) is 25.4. The van der Waals surface area contributed by atoms with Gasteiger partial charge >= 0.3 is 0 Å². The molecule has 1 aliphatic carbocycles. The van der Waals surface area contributed by atoms with Crippen molar-refractivity contribution in [2.45, 2.75) is 30.7 Å². The van der Waals surface area contributed by atoms with Gasteiger partial charge in [-0.05, 0) is 25.7 Å². The minimum atomic E-state index is -3.42. The highest BCUT2D eigenvalue weighted by Gasteiger charge is 2.28. The summed E-state index contributed by atoms with van der Waals surface area (Å²) < 4.78 is 26.3. The fraction of sp³-hybridized carbons (Fsp3) is 0.667. The Morgan fingerprint density at radius 3 is 2.81 bits per heavy atom. The number of nitrogens with two attached hydrogens (primary N) is 1. The summed E-state index contributed by atoms with van der Waals surface area (Å²) in [5.41, 5.74) is 6.19. The predicted molar refractivity (Wildman–Crippen MR) is 59.2 cm³/mol. The van der Waals surface area contributed by atoms with Crippen LogP contribution in [0.3, 0.4) is 0 Å². The van der Waals surface area contributed by atoms with Crippen LogP contribution in [-0.4, -0.2) is 31.2 Å². The monoisotopic (exact) mass is 244 g/mol. The van der Waals surface area contributed by atoms with E-state index in [4.69, 9.17) is 5.73 Å². The van der Waals surface area contributed by atoms with Crippen molar-refractivity contribution < 1.29 is 8.42 Å². The fourth-order valence-corrected chi connectivity index (χ4v) is 3.12. The number of nitrogens with one attached hydrogen (secondary N) is 2. The lowest BCUT2D eigenvalue weighted by molar-refractivity contribution is 0.267. The van der Waals surface area contributed by atoms with Gasteiger partial charge in [-0.15, -0.1) is 0 Å². The van der Waals surface area contributed by atoms with Crippen LogP contribution in [0.15, 0.2) is 11.1 Å². The highest BCUT2D eigenvalue weighted by molar-refractivity contribution is 7.89. The third-order valence-electron chi connectivity index (χ3n) is 2.91. The van der Waals surface area contributed by atoms with E-state index in [1.165, 1.54) is 6.20 Å². The first-order valence-electron chi connectivity index (χ1n) is 5.24. The molecule has 1 fully saturated rings. The summed E-state index contributed by atoms with van der Waals surface area (Å²) in [6, 6.07) is 0.241. The molecule has 1 saturated carbocycles. The van der Waals surface area contributed by atoms with Crippen LogP contribution in [0.2, 0.25) is 0 Å². The number of aromatic nitrogens is 2. The quantitative estimate of drug-likeness (QED) is 0.679. The average molecular weight is 244 g/mol. The Labute approximate surface area is 94.7 Å². The van der Waals surface area contributed by atoms with Crippen molar-refractivity contribution >= 4 is 10.0 Å². The predicted octanol–water partition coefficient (Wildman–Crippen LogP) is -0.266. The third-order valence-corrected chi connectivity index (χ3v) is 4.44. The smallest absolute Gasteiger partial charge is 0.243 e. The minimum absolute atomic E-state index is 0.219. The summed E-state index contributed by atoms with van der Waals surface area (Å²) in [7, 11) is -3.42. The van der Waals surface area contributed by atoms with E-state index in [1.807, 2.05) is 0 Å². The van der Waals surface area contributed by atoms with E-state index < -0.39 is 10.0 Å². The standard InChI is InChI=1S/C9H16N4O2S/c1-6-9(5-11-13-6)16(14,15)12-4-7-2-8(10)3-7/h5,7-8,12H,2-4,10H2,1H3,(H,11,13). The molecule has 7 heteroatoms. The first kappa shape index (κ1) is 11.6. The number of aryl methyl sites for hydroxylation is 1. The molecule has 4 N–H and O–H groups in total. The lowest BCUT2D eigenvalue weighted by Crippen LogP contribution is -2.42. The number of aromatic amines is 1. The van der Waals surface area contributed by atoms with E-state index in [-0.39, 0.29) is 10.9 Å². The number of sulfonamides is 1. The van der Waals surface area contributed by atoms with Crippen molar-refractivity contribution in [2.24, 2.45) is 11.7 Å². The van der Waals surface area contributed by atoms with Crippen LogP contribution in [0.4, 0.5) is 0 Å². The summed E-state index contributed by atoms with van der Waals surface area (Å²) in [4.78, 5) is 0.219. The molecule has 1 aromatic rings. The van der Waals surface area contributed by atoms with Gasteiger partial charge in [-0.25, -0.2) is 13.1 Å². The summed E-state index contributed by atoms with van der Waals surface area (Å²) in [6.45, 7) is 2.14. The number of rotatable bonds is 4. The largest absolute Gasteiger partial charge is 0.328 e. The Balaban J connectivity index is 1.96. The lowest BCUT2D eigenvalue weighted by Gasteiger charge is -2.32. The third kappa shape index (κ3) is 2.26. The molecular weight excluding hydrogens is 228 g/mol. The molecular formula is C9H16N4O2S. The molecule has 2 rings (SSSR count). The van der Waals surface area contributed by atoms with Crippen molar-refractivity contribution in [2.75, 3.05) is 6.54 Å². The molecule has 0 spiro atoms.